The first kappa shape index (κ1) is 20.9. The maximum Gasteiger partial charge on any atom is 0.406 e. The molecular formula is C19H28F3N3O3. The highest BCUT2D eigenvalue weighted by atomic mass is 19.4. The summed E-state index contributed by atoms with van der Waals surface area (Å²) in [5.41, 5.74) is -1.00. The van der Waals surface area contributed by atoms with Gasteiger partial charge in [0.15, 0.2) is 0 Å². The first-order valence-corrected chi connectivity index (χ1v) is 10.1. The van der Waals surface area contributed by atoms with E-state index in [4.69, 9.17) is 0 Å². The number of carbonyl (C=O) groups is 3. The Hall–Kier alpha value is -1.80. The van der Waals surface area contributed by atoms with Crippen LogP contribution in [-0.4, -0.2) is 58.5 Å². The molecule has 3 rings (SSSR count). The van der Waals surface area contributed by atoms with Crippen molar-refractivity contribution in [2.45, 2.75) is 76.6 Å². The van der Waals surface area contributed by atoms with E-state index in [9.17, 15) is 27.6 Å². The van der Waals surface area contributed by atoms with Crippen molar-refractivity contribution in [1.29, 1.82) is 0 Å². The molecule has 3 aliphatic rings. The number of nitrogens with zero attached hydrogens (tertiary/aromatic N) is 2. The molecule has 0 aromatic carbocycles. The van der Waals surface area contributed by atoms with E-state index in [-0.39, 0.29) is 5.92 Å². The van der Waals surface area contributed by atoms with Gasteiger partial charge in [-0.25, -0.2) is 4.79 Å². The number of hydrogen-bond donors (Lipinski definition) is 1. The van der Waals surface area contributed by atoms with Crippen molar-refractivity contribution in [2.24, 2.45) is 11.8 Å². The molecule has 1 atom stereocenters. The predicted octanol–water partition coefficient (Wildman–Crippen LogP) is 3.07. The molecule has 3 fully saturated rings. The molecule has 0 aromatic rings. The third-order valence-electron chi connectivity index (χ3n) is 6.54. The lowest BCUT2D eigenvalue weighted by Crippen LogP contribution is -2.52. The number of alkyl halides is 3. The van der Waals surface area contributed by atoms with E-state index in [0.29, 0.717) is 18.8 Å². The minimum absolute atomic E-state index is 0.0464. The Labute approximate surface area is 162 Å². The highest BCUT2D eigenvalue weighted by molar-refractivity contribution is 6.09. The largest absolute Gasteiger partial charge is 0.406 e. The summed E-state index contributed by atoms with van der Waals surface area (Å²) in [5, 5.41) is 2.72. The van der Waals surface area contributed by atoms with Crippen LogP contribution in [0.15, 0.2) is 0 Å². The fourth-order valence-electron chi connectivity index (χ4n) is 4.45. The maximum atomic E-state index is 13.0. The Balaban J connectivity index is 1.69. The molecule has 2 saturated carbocycles. The van der Waals surface area contributed by atoms with Gasteiger partial charge in [0.1, 0.15) is 18.6 Å². The summed E-state index contributed by atoms with van der Waals surface area (Å²) >= 11 is 0. The van der Waals surface area contributed by atoms with E-state index >= 15 is 0 Å². The molecule has 6 nitrogen and oxygen atoms in total. The molecule has 0 unspecified atom stereocenters. The number of imide groups is 1. The fraction of sp³-hybridized carbons (Fsp3) is 0.842. The molecule has 2 aliphatic carbocycles. The summed E-state index contributed by atoms with van der Waals surface area (Å²) in [7, 11) is 0. The molecule has 1 heterocycles. The second-order valence-electron chi connectivity index (χ2n) is 8.47. The van der Waals surface area contributed by atoms with Gasteiger partial charge in [0, 0.05) is 6.04 Å². The van der Waals surface area contributed by atoms with Crippen molar-refractivity contribution >= 4 is 17.8 Å². The highest BCUT2D eigenvalue weighted by Gasteiger charge is 2.53. The van der Waals surface area contributed by atoms with Crippen LogP contribution in [0.25, 0.3) is 0 Å². The average molecular weight is 403 g/mol. The third-order valence-corrected chi connectivity index (χ3v) is 6.54. The molecule has 158 valence electrons. The number of hydrogen-bond acceptors (Lipinski definition) is 3. The van der Waals surface area contributed by atoms with Crippen LogP contribution in [0, 0.1) is 11.8 Å². The summed E-state index contributed by atoms with van der Waals surface area (Å²) in [6.45, 7) is 1.67. The van der Waals surface area contributed by atoms with E-state index in [2.05, 4.69) is 12.2 Å². The zero-order valence-electron chi connectivity index (χ0n) is 16.3. The lowest BCUT2D eigenvalue weighted by Gasteiger charge is -2.35. The van der Waals surface area contributed by atoms with Crippen molar-refractivity contribution in [2.75, 3.05) is 13.1 Å². The molecule has 0 bridgehead atoms. The van der Waals surface area contributed by atoms with Gasteiger partial charge in [-0.15, -0.1) is 0 Å². The predicted molar refractivity (Wildman–Crippen MR) is 95.2 cm³/mol. The summed E-state index contributed by atoms with van der Waals surface area (Å²) in [4.78, 5) is 39.5. The molecule has 1 spiro atoms. The van der Waals surface area contributed by atoms with E-state index in [1.807, 2.05) is 0 Å². The van der Waals surface area contributed by atoms with Crippen LogP contribution in [-0.2, 0) is 9.59 Å². The molecule has 1 saturated heterocycles. The smallest absolute Gasteiger partial charge is 0.329 e. The Morgan fingerprint density at radius 1 is 1.25 bits per heavy atom. The Morgan fingerprint density at radius 3 is 2.36 bits per heavy atom. The van der Waals surface area contributed by atoms with E-state index in [1.54, 1.807) is 6.92 Å². The van der Waals surface area contributed by atoms with Gasteiger partial charge >= 0.3 is 12.2 Å². The Morgan fingerprint density at radius 2 is 1.86 bits per heavy atom. The lowest BCUT2D eigenvalue weighted by atomic mass is 9.75. The molecule has 4 amide bonds. The SMILES string of the molecule is CCC1CCC2(CC1)NC(=O)N(CC(=O)N(CC(F)(F)F)[C@@H](C)C1CC1)C2=O. The van der Waals surface area contributed by atoms with Crippen LogP contribution in [0.1, 0.15) is 58.8 Å². The number of rotatable bonds is 6. The zero-order valence-corrected chi connectivity index (χ0v) is 16.3. The van der Waals surface area contributed by atoms with Gasteiger partial charge in [-0.1, -0.05) is 13.3 Å². The number of halogens is 3. The first-order chi connectivity index (χ1) is 13.1. The highest BCUT2D eigenvalue weighted by Crippen LogP contribution is 2.38. The van der Waals surface area contributed by atoms with E-state index < -0.39 is 48.7 Å². The number of nitrogens with one attached hydrogen (secondary N) is 1. The van der Waals surface area contributed by atoms with Gasteiger partial charge in [0.2, 0.25) is 5.91 Å². The minimum atomic E-state index is -4.53. The van der Waals surface area contributed by atoms with Crippen LogP contribution in [0.4, 0.5) is 18.0 Å². The van der Waals surface area contributed by atoms with Crippen LogP contribution >= 0.6 is 0 Å². The lowest BCUT2D eigenvalue weighted by molar-refractivity contribution is -0.166. The standard InChI is InChI=1S/C19H28F3N3O3/c1-3-13-6-8-18(9-7-13)16(27)24(17(28)23-18)10-15(26)25(11-19(20,21)22)12(2)14-4-5-14/h12-14H,3-11H2,1-2H3,(H,23,28)/t12-,13?,18?/m0/s1. The van der Waals surface area contributed by atoms with E-state index in [0.717, 1.165) is 41.9 Å². The zero-order chi connectivity index (χ0) is 20.7. The van der Waals surface area contributed by atoms with Gasteiger partial charge in [-0.3, -0.25) is 14.5 Å². The van der Waals surface area contributed by atoms with Crippen LogP contribution < -0.4 is 5.32 Å². The first-order valence-electron chi connectivity index (χ1n) is 10.1. The van der Waals surface area contributed by atoms with Gasteiger partial charge < -0.3 is 10.2 Å². The molecule has 28 heavy (non-hydrogen) atoms. The third kappa shape index (κ3) is 4.27. The molecule has 9 heteroatoms. The number of carbonyl (C=O) groups excluding carboxylic acids is 3. The monoisotopic (exact) mass is 403 g/mol. The second-order valence-corrected chi connectivity index (χ2v) is 8.47. The van der Waals surface area contributed by atoms with Crippen LogP contribution in [0.2, 0.25) is 0 Å². The summed E-state index contributed by atoms with van der Waals surface area (Å²) < 4.78 is 38.9. The topological polar surface area (TPSA) is 69.7 Å². The Kier molecular flexibility index (Phi) is 5.64. The number of urea groups is 1. The molecule has 0 radical (unpaired) electrons. The quantitative estimate of drug-likeness (QED) is 0.693. The van der Waals surface area contributed by atoms with E-state index in [1.165, 1.54) is 0 Å². The molecular weight excluding hydrogens is 375 g/mol. The summed E-state index contributed by atoms with van der Waals surface area (Å²) in [6, 6.07) is -1.25. The normalized spacial score (nSPS) is 29.2. The summed E-state index contributed by atoms with van der Waals surface area (Å²) in [5.74, 6) is -0.760. The van der Waals surface area contributed by atoms with Gasteiger partial charge in [0.05, 0.1) is 0 Å². The fourth-order valence-corrected chi connectivity index (χ4v) is 4.45. The second kappa shape index (κ2) is 7.55. The summed E-state index contributed by atoms with van der Waals surface area (Å²) in [6.07, 6.45) is 0.673. The average Bonchev–Trinajstić information content (AvgIpc) is 3.44. The molecule has 1 N–H and O–H groups in total. The van der Waals surface area contributed by atoms with Crippen molar-refractivity contribution in [3.8, 4) is 0 Å². The molecule has 0 aromatic heterocycles. The van der Waals surface area contributed by atoms with Crippen LogP contribution in [0.5, 0.6) is 0 Å². The van der Waals surface area contributed by atoms with Crippen LogP contribution in [0.3, 0.4) is 0 Å². The van der Waals surface area contributed by atoms with Gasteiger partial charge in [-0.05, 0) is 57.3 Å². The van der Waals surface area contributed by atoms with Gasteiger partial charge in [0.25, 0.3) is 5.91 Å². The van der Waals surface area contributed by atoms with Crippen molar-refractivity contribution < 1.29 is 27.6 Å². The van der Waals surface area contributed by atoms with Gasteiger partial charge in [-0.2, -0.15) is 13.2 Å². The van der Waals surface area contributed by atoms with Crippen molar-refractivity contribution in [1.82, 2.24) is 15.1 Å². The minimum Gasteiger partial charge on any atom is -0.329 e. The maximum absolute atomic E-state index is 13.0. The Bertz CT molecular complexity index is 640. The molecule has 1 aliphatic heterocycles. The van der Waals surface area contributed by atoms with Crippen molar-refractivity contribution in [3.05, 3.63) is 0 Å². The number of amides is 4. The van der Waals surface area contributed by atoms with Crippen molar-refractivity contribution in [3.63, 3.8) is 0 Å².